The van der Waals surface area contributed by atoms with Gasteiger partial charge >= 0.3 is 0 Å². The zero-order valence-corrected chi connectivity index (χ0v) is 12.2. The van der Waals surface area contributed by atoms with Crippen LogP contribution in [-0.2, 0) is 15.6 Å². The molecule has 1 aliphatic heterocycles. The van der Waals surface area contributed by atoms with Crippen LogP contribution in [-0.4, -0.2) is 34.4 Å². The predicted octanol–water partition coefficient (Wildman–Crippen LogP) is 2.09. The lowest BCUT2D eigenvalue weighted by Gasteiger charge is -2.32. The molecule has 1 aliphatic rings. The molecule has 0 saturated heterocycles. The number of hydrogen-bond acceptors (Lipinski definition) is 3. The molecule has 1 heterocycles. The van der Waals surface area contributed by atoms with E-state index in [-0.39, 0.29) is 18.2 Å². The molecule has 20 heavy (non-hydrogen) atoms. The minimum absolute atomic E-state index is 0.0824. The molecule has 6 heteroatoms. The Labute approximate surface area is 119 Å². The number of fused-ring (bicyclic) bond motifs is 1. The lowest BCUT2D eigenvalue weighted by molar-refractivity contribution is -0.118. The van der Waals surface area contributed by atoms with Crippen molar-refractivity contribution >= 4 is 28.2 Å². The second-order valence-electron chi connectivity index (χ2n) is 4.61. The number of hydrogen-bond donors (Lipinski definition) is 0. The van der Waals surface area contributed by atoms with Gasteiger partial charge in [0.05, 0.1) is 27.9 Å². The number of ketones is 1. The molecule has 2 unspecified atom stereocenters. The van der Waals surface area contributed by atoms with Crippen LogP contribution < -0.4 is 4.90 Å². The lowest BCUT2D eigenvalue weighted by Crippen LogP contribution is -2.46. The van der Waals surface area contributed by atoms with Crippen LogP contribution in [0.1, 0.15) is 30.6 Å². The van der Waals surface area contributed by atoms with Gasteiger partial charge in [-0.2, -0.15) is 0 Å². The highest BCUT2D eigenvalue weighted by Gasteiger charge is 2.37. The Hall–Kier alpha value is -1.56. The van der Waals surface area contributed by atoms with E-state index in [1.165, 1.54) is 17.9 Å². The molecule has 1 aromatic rings. The van der Waals surface area contributed by atoms with E-state index in [9.17, 15) is 18.2 Å². The standard InChI is InChI=1S/C14H16FNO3S/c1-3-12-14(18)16(7-6-15)11-8-10(9(2)17)4-5-13(11)20(12)19/h4-5,8,12H,3,6-7H2,1-2H3. The number of benzene rings is 1. The SMILES string of the molecule is CCC1C(=O)N(CCF)c2cc(C(C)=O)ccc2S1=O. The van der Waals surface area contributed by atoms with Gasteiger partial charge in [-0.25, -0.2) is 4.39 Å². The van der Waals surface area contributed by atoms with Crippen molar-refractivity contribution in [2.24, 2.45) is 0 Å². The summed E-state index contributed by atoms with van der Waals surface area (Å²) in [5.74, 6) is -0.486. The van der Waals surface area contributed by atoms with Gasteiger partial charge in [0, 0.05) is 5.56 Å². The van der Waals surface area contributed by atoms with E-state index in [4.69, 9.17) is 0 Å². The first-order valence-corrected chi connectivity index (χ1v) is 7.65. The average Bonchev–Trinajstić information content (AvgIpc) is 2.43. The van der Waals surface area contributed by atoms with Gasteiger partial charge in [0.25, 0.3) is 0 Å². The van der Waals surface area contributed by atoms with Crippen molar-refractivity contribution in [1.29, 1.82) is 0 Å². The summed E-state index contributed by atoms with van der Waals surface area (Å²) in [4.78, 5) is 25.5. The molecule has 4 nitrogen and oxygen atoms in total. The molecule has 0 bridgehead atoms. The summed E-state index contributed by atoms with van der Waals surface area (Å²) < 4.78 is 25.1. The van der Waals surface area contributed by atoms with Crippen LogP contribution >= 0.6 is 0 Å². The van der Waals surface area contributed by atoms with E-state index in [0.717, 1.165) is 0 Å². The van der Waals surface area contributed by atoms with Crippen LogP contribution in [0, 0.1) is 0 Å². The number of carbonyl (C=O) groups excluding carboxylic acids is 2. The Morgan fingerprint density at radius 1 is 1.45 bits per heavy atom. The van der Waals surface area contributed by atoms with Gasteiger partial charge in [0.1, 0.15) is 11.9 Å². The van der Waals surface area contributed by atoms with Crippen molar-refractivity contribution < 1.29 is 18.2 Å². The first kappa shape index (κ1) is 14.8. The molecule has 1 amide bonds. The Bertz CT molecular complexity index is 588. The second kappa shape index (κ2) is 5.83. The van der Waals surface area contributed by atoms with Crippen molar-refractivity contribution in [2.75, 3.05) is 18.1 Å². The monoisotopic (exact) mass is 297 g/mol. The summed E-state index contributed by atoms with van der Waals surface area (Å²) in [6.07, 6.45) is 0.433. The summed E-state index contributed by atoms with van der Waals surface area (Å²) in [5, 5.41) is -0.641. The van der Waals surface area contributed by atoms with E-state index >= 15 is 0 Å². The van der Waals surface area contributed by atoms with Crippen LogP contribution in [0.5, 0.6) is 0 Å². The van der Waals surface area contributed by atoms with Gasteiger partial charge in [0.2, 0.25) is 5.91 Å². The molecule has 0 spiro atoms. The van der Waals surface area contributed by atoms with Crippen LogP contribution in [0.4, 0.5) is 10.1 Å². The van der Waals surface area contributed by atoms with Crippen molar-refractivity contribution in [2.45, 2.75) is 30.4 Å². The van der Waals surface area contributed by atoms with Gasteiger partial charge in [-0.1, -0.05) is 13.0 Å². The molecule has 1 aromatic carbocycles. The van der Waals surface area contributed by atoms with E-state index in [1.54, 1.807) is 19.1 Å². The number of Topliss-reactive ketones (excluding diaryl/α,β-unsaturated/α-hetero) is 1. The molecule has 0 radical (unpaired) electrons. The third-order valence-electron chi connectivity index (χ3n) is 3.35. The van der Waals surface area contributed by atoms with Gasteiger partial charge < -0.3 is 4.90 Å². The highest BCUT2D eigenvalue weighted by atomic mass is 32.2. The van der Waals surface area contributed by atoms with Crippen molar-refractivity contribution in [3.8, 4) is 0 Å². The average molecular weight is 297 g/mol. The topological polar surface area (TPSA) is 54.5 Å². The lowest BCUT2D eigenvalue weighted by atomic mass is 10.1. The smallest absolute Gasteiger partial charge is 0.243 e. The van der Waals surface area contributed by atoms with Crippen molar-refractivity contribution in [1.82, 2.24) is 0 Å². The summed E-state index contributed by atoms with van der Waals surface area (Å²) >= 11 is 0. The molecular weight excluding hydrogens is 281 g/mol. The van der Waals surface area contributed by atoms with E-state index in [1.807, 2.05) is 0 Å². The molecule has 2 atom stereocenters. The summed E-state index contributed by atoms with van der Waals surface area (Å²) in [7, 11) is -1.45. The van der Waals surface area contributed by atoms with Gasteiger partial charge in [-0.05, 0) is 25.5 Å². The fourth-order valence-corrected chi connectivity index (χ4v) is 3.79. The van der Waals surface area contributed by atoms with Gasteiger partial charge in [0.15, 0.2) is 5.78 Å². The quantitative estimate of drug-likeness (QED) is 0.800. The number of halogens is 1. The third-order valence-corrected chi connectivity index (χ3v) is 5.18. The summed E-state index contributed by atoms with van der Waals surface area (Å²) in [5.41, 5.74) is 0.815. The molecule has 108 valence electrons. The maximum Gasteiger partial charge on any atom is 0.243 e. The Morgan fingerprint density at radius 3 is 2.70 bits per heavy atom. The maximum atomic E-state index is 12.7. The highest BCUT2D eigenvalue weighted by Crippen LogP contribution is 2.34. The number of anilines is 1. The fraction of sp³-hybridized carbons (Fsp3) is 0.429. The van der Waals surface area contributed by atoms with Crippen molar-refractivity contribution in [3.63, 3.8) is 0 Å². The van der Waals surface area contributed by atoms with Gasteiger partial charge in [-0.3, -0.25) is 13.8 Å². The first-order valence-electron chi connectivity index (χ1n) is 6.44. The van der Waals surface area contributed by atoms with E-state index < -0.39 is 22.7 Å². The molecule has 2 rings (SSSR count). The normalized spacial score (nSPS) is 21.8. The molecule has 0 fully saturated rings. The first-order chi connectivity index (χ1) is 9.51. The minimum Gasteiger partial charge on any atom is -0.307 e. The molecule has 0 saturated carbocycles. The number of rotatable bonds is 4. The maximum absolute atomic E-state index is 12.7. The van der Waals surface area contributed by atoms with Crippen LogP contribution in [0.2, 0.25) is 0 Å². The van der Waals surface area contributed by atoms with Gasteiger partial charge in [-0.15, -0.1) is 0 Å². The van der Waals surface area contributed by atoms with Crippen LogP contribution in [0.15, 0.2) is 23.1 Å². The number of carbonyl (C=O) groups is 2. The Morgan fingerprint density at radius 2 is 2.15 bits per heavy atom. The van der Waals surface area contributed by atoms with Crippen molar-refractivity contribution in [3.05, 3.63) is 23.8 Å². The third kappa shape index (κ3) is 2.40. The zero-order valence-electron chi connectivity index (χ0n) is 11.4. The predicted molar refractivity (Wildman–Crippen MR) is 75.3 cm³/mol. The highest BCUT2D eigenvalue weighted by molar-refractivity contribution is 7.86. The largest absolute Gasteiger partial charge is 0.307 e. The number of alkyl halides is 1. The minimum atomic E-state index is -1.45. The molecule has 0 aliphatic carbocycles. The Balaban J connectivity index is 2.58. The van der Waals surface area contributed by atoms with E-state index in [0.29, 0.717) is 22.6 Å². The number of amides is 1. The summed E-state index contributed by atoms with van der Waals surface area (Å²) in [6, 6.07) is 4.72. The molecular formula is C14H16FNO3S. The Kier molecular flexibility index (Phi) is 4.32. The zero-order chi connectivity index (χ0) is 14.9. The summed E-state index contributed by atoms with van der Waals surface area (Å²) in [6.45, 7) is 2.43. The molecule has 0 aromatic heterocycles. The van der Waals surface area contributed by atoms with Crippen LogP contribution in [0.3, 0.4) is 0 Å². The molecule has 0 N–H and O–H groups in total. The fourth-order valence-electron chi connectivity index (χ4n) is 2.30. The van der Waals surface area contributed by atoms with Crippen LogP contribution in [0.25, 0.3) is 0 Å². The number of nitrogens with zero attached hydrogens (tertiary/aromatic N) is 1. The van der Waals surface area contributed by atoms with E-state index in [2.05, 4.69) is 0 Å². The second-order valence-corrected chi connectivity index (χ2v) is 6.22.